The van der Waals surface area contributed by atoms with E-state index in [1.54, 1.807) is 43.3 Å². The number of hydrogen-bond acceptors (Lipinski definition) is 6. The minimum absolute atomic E-state index is 0.00138. The predicted molar refractivity (Wildman–Crippen MR) is 131 cm³/mol. The van der Waals surface area contributed by atoms with Crippen LogP contribution in [0.25, 0.3) is 0 Å². The minimum Gasteiger partial charge on any atom is -0.504 e. The third-order valence-electron chi connectivity index (χ3n) is 4.66. The van der Waals surface area contributed by atoms with Crippen LogP contribution in [0.5, 0.6) is 11.5 Å². The van der Waals surface area contributed by atoms with Crippen molar-refractivity contribution in [3.63, 3.8) is 0 Å². The van der Waals surface area contributed by atoms with Crippen LogP contribution in [0.2, 0.25) is 5.02 Å². The zero-order valence-electron chi connectivity index (χ0n) is 18.4. The number of halogens is 1. The first-order chi connectivity index (χ1) is 16.3. The van der Waals surface area contributed by atoms with Crippen molar-refractivity contribution >= 4 is 33.7 Å². The molecule has 0 aliphatic carbocycles. The van der Waals surface area contributed by atoms with Gasteiger partial charge in [0.15, 0.2) is 11.5 Å². The highest BCUT2D eigenvalue weighted by Crippen LogP contribution is 2.26. The Labute approximate surface area is 203 Å². The van der Waals surface area contributed by atoms with Gasteiger partial charge in [0.05, 0.1) is 24.3 Å². The quantitative estimate of drug-likeness (QED) is 0.324. The number of rotatable bonds is 10. The summed E-state index contributed by atoms with van der Waals surface area (Å²) in [5.41, 5.74) is 3.65. The number of aromatic hydroxyl groups is 1. The van der Waals surface area contributed by atoms with E-state index in [1.807, 2.05) is 6.07 Å². The van der Waals surface area contributed by atoms with E-state index in [9.17, 15) is 18.3 Å². The summed E-state index contributed by atoms with van der Waals surface area (Å²) in [6.07, 6.45) is 1.37. The lowest BCUT2D eigenvalue weighted by Crippen LogP contribution is -2.39. The van der Waals surface area contributed by atoms with E-state index in [-0.39, 0.29) is 17.2 Å². The van der Waals surface area contributed by atoms with Crippen LogP contribution >= 0.6 is 11.6 Å². The van der Waals surface area contributed by atoms with E-state index in [0.717, 1.165) is 9.87 Å². The summed E-state index contributed by atoms with van der Waals surface area (Å²) >= 11 is 5.89. The summed E-state index contributed by atoms with van der Waals surface area (Å²) in [6.45, 7) is 1.72. The monoisotopic (exact) mass is 501 g/mol. The maximum absolute atomic E-state index is 13.2. The Morgan fingerprint density at radius 3 is 2.50 bits per heavy atom. The van der Waals surface area contributed by atoms with Gasteiger partial charge >= 0.3 is 0 Å². The Hall–Kier alpha value is -3.40. The fraction of sp³-hybridized carbons (Fsp3) is 0.167. The number of phenols is 1. The van der Waals surface area contributed by atoms with Crippen LogP contribution in [0.3, 0.4) is 0 Å². The zero-order valence-corrected chi connectivity index (χ0v) is 20.0. The number of hydrogen-bond donors (Lipinski definition) is 2. The summed E-state index contributed by atoms with van der Waals surface area (Å²) in [6, 6.07) is 19.3. The molecule has 0 unspecified atom stereocenters. The summed E-state index contributed by atoms with van der Waals surface area (Å²) in [5.74, 6) is -0.332. The van der Waals surface area contributed by atoms with Gasteiger partial charge < -0.3 is 9.84 Å². The van der Waals surface area contributed by atoms with Crippen LogP contribution in [0.1, 0.15) is 18.1 Å². The Bertz CT molecular complexity index is 1250. The summed E-state index contributed by atoms with van der Waals surface area (Å²) in [5, 5.41) is 14.1. The maximum Gasteiger partial charge on any atom is 0.255 e. The molecule has 3 aromatic rings. The fourth-order valence-corrected chi connectivity index (χ4v) is 4.54. The molecule has 0 aliphatic heterocycles. The highest BCUT2D eigenvalue weighted by Gasteiger charge is 2.27. The highest BCUT2D eigenvalue weighted by molar-refractivity contribution is 7.89. The van der Waals surface area contributed by atoms with E-state index in [1.165, 1.54) is 36.5 Å². The van der Waals surface area contributed by atoms with Crippen molar-refractivity contribution in [3.8, 4) is 11.5 Å². The number of sulfonamides is 1. The molecular formula is C24H24ClN3O5S. The smallest absolute Gasteiger partial charge is 0.255 e. The Morgan fingerprint density at radius 2 is 1.82 bits per heavy atom. The van der Waals surface area contributed by atoms with E-state index in [2.05, 4.69) is 10.5 Å². The maximum atomic E-state index is 13.2. The van der Waals surface area contributed by atoms with Crippen molar-refractivity contribution in [2.45, 2.75) is 18.4 Å². The van der Waals surface area contributed by atoms with Gasteiger partial charge in [-0.15, -0.1) is 0 Å². The lowest BCUT2D eigenvalue weighted by Gasteiger charge is -2.21. The van der Waals surface area contributed by atoms with Gasteiger partial charge in [0, 0.05) is 11.6 Å². The fourth-order valence-electron chi connectivity index (χ4n) is 3.03. The number of amides is 1. The second kappa shape index (κ2) is 11.6. The second-order valence-electron chi connectivity index (χ2n) is 7.17. The topological polar surface area (TPSA) is 108 Å². The third kappa shape index (κ3) is 6.80. The predicted octanol–water partition coefficient (Wildman–Crippen LogP) is 3.79. The SMILES string of the molecule is CCOc1cc(/C=N\NC(=O)CN(Cc2ccccc2)S(=O)(=O)c2ccc(Cl)cc2)ccc1O. The van der Waals surface area contributed by atoms with Crippen molar-refractivity contribution in [2.24, 2.45) is 5.10 Å². The van der Waals surface area contributed by atoms with Crippen molar-refractivity contribution in [1.29, 1.82) is 0 Å². The molecule has 0 saturated carbocycles. The number of hydrazone groups is 1. The molecule has 0 fully saturated rings. The third-order valence-corrected chi connectivity index (χ3v) is 6.72. The van der Waals surface area contributed by atoms with Crippen molar-refractivity contribution in [3.05, 3.63) is 88.9 Å². The summed E-state index contributed by atoms with van der Waals surface area (Å²) in [4.78, 5) is 12.6. The molecule has 2 N–H and O–H groups in total. The molecule has 1 amide bonds. The largest absolute Gasteiger partial charge is 0.504 e. The molecule has 0 heterocycles. The van der Waals surface area contributed by atoms with E-state index in [4.69, 9.17) is 16.3 Å². The van der Waals surface area contributed by atoms with Crippen molar-refractivity contribution in [1.82, 2.24) is 9.73 Å². The average Bonchev–Trinajstić information content (AvgIpc) is 2.82. The van der Waals surface area contributed by atoms with Gasteiger partial charge in [-0.05, 0) is 60.5 Å². The molecule has 0 bridgehead atoms. The number of ether oxygens (including phenoxy) is 1. The normalized spacial score (nSPS) is 11.6. The van der Waals surface area contributed by atoms with E-state index in [0.29, 0.717) is 22.9 Å². The molecule has 34 heavy (non-hydrogen) atoms. The number of phenolic OH excluding ortho intramolecular Hbond substituents is 1. The van der Waals surface area contributed by atoms with Crippen LogP contribution in [0.4, 0.5) is 0 Å². The van der Waals surface area contributed by atoms with E-state index >= 15 is 0 Å². The average molecular weight is 502 g/mol. The number of carbonyl (C=O) groups is 1. The minimum atomic E-state index is -3.99. The van der Waals surface area contributed by atoms with Gasteiger partial charge in [-0.2, -0.15) is 9.41 Å². The summed E-state index contributed by atoms with van der Waals surface area (Å²) < 4.78 is 32.9. The molecule has 0 radical (unpaired) electrons. The van der Waals surface area contributed by atoms with Crippen LogP contribution in [-0.4, -0.2) is 43.1 Å². The Morgan fingerprint density at radius 1 is 1.12 bits per heavy atom. The molecule has 0 atom stereocenters. The van der Waals surface area contributed by atoms with Gasteiger partial charge in [0.1, 0.15) is 0 Å². The Kier molecular flexibility index (Phi) is 8.64. The first-order valence-electron chi connectivity index (χ1n) is 10.4. The van der Waals surface area contributed by atoms with Crippen LogP contribution in [-0.2, 0) is 21.4 Å². The molecule has 0 aliphatic rings. The van der Waals surface area contributed by atoms with Gasteiger partial charge in [0.25, 0.3) is 5.91 Å². The first-order valence-corrected chi connectivity index (χ1v) is 12.2. The lowest BCUT2D eigenvalue weighted by atomic mass is 10.2. The second-order valence-corrected chi connectivity index (χ2v) is 9.54. The molecule has 0 saturated heterocycles. The highest BCUT2D eigenvalue weighted by atomic mass is 35.5. The number of nitrogens with one attached hydrogen (secondary N) is 1. The summed E-state index contributed by atoms with van der Waals surface area (Å²) in [7, 11) is -3.99. The lowest BCUT2D eigenvalue weighted by molar-refractivity contribution is -0.121. The molecule has 0 aromatic heterocycles. The van der Waals surface area contributed by atoms with Crippen molar-refractivity contribution < 1.29 is 23.1 Å². The molecule has 10 heteroatoms. The van der Waals surface area contributed by atoms with Gasteiger partial charge in [0.2, 0.25) is 10.0 Å². The molecule has 3 rings (SSSR count). The van der Waals surface area contributed by atoms with Crippen molar-refractivity contribution in [2.75, 3.05) is 13.2 Å². The molecule has 0 spiro atoms. The van der Waals surface area contributed by atoms with Crippen LogP contribution in [0.15, 0.2) is 82.8 Å². The molecule has 3 aromatic carbocycles. The first kappa shape index (κ1) is 25.2. The van der Waals surface area contributed by atoms with Gasteiger partial charge in [-0.25, -0.2) is 13.8 Å². The molecular weight excluding hydrogens is 478 g/mol. The van der Waals surface area contributed by atoms with E-state index < -0.39 is 22.5 Å². The zero-order chi connectivity index (χ0) is 24.6. The number of benzene rings is 3. The van der Waals surface area contributed by atoms with Crippen LogP contribution < -0.4 is 10.2 Å². The number of carbonyl (C=O) groups excluding carboxylic acids is 1. The Balaban J connectivity index is 1.75. The van der Waals surface area contributed by atoms with Crippen LogP contribution in [0, 0.1) is 0 Å². The van der Waals surface area contributed by atoms with Gasteiger partial charge in [-0.3, -0.25) is 4.79 Å². The van der Waals surface area contributed by atoms with Gasteiger partial charge in [-0.1, -0.05) is 41.9 Å². The number of nitrogens with zero attached hydrogens (tertiary/aromatic N) is 2. The standard InChI is InChI=1S/C24H24ClN3O5S/c1-2-33-23-14-19(8-13-22(23)29)15-26-27-24(30)17-28(16-18-6-4-3-5-7-18)34(31,32)21-11-9-20(25)10-12-21/h3-15,29H,2,16-17H2,1H3,(H,27,30)/b26-15-. The molecule has 8 nitrogen and oxygen atoms in total. The molecule has 178 valence electrons.